The van der Waals surface area contributed by atoms with Crippen LogP contribution in [0.5, 0.6) is 0 Å². The highest BCUT2D eigenvalue weighted by molar-refractivity contribution is 7.22. The van der Waals surface area contributed by atoms with Gasteiger partial charge in [-0.05, 0) is 31.0 Å². The number of nitrogens with two attached hydrogens (primary N) is 1. The van der Waals surface area contributed by atoms with Gasteiger partial charge in [0.15, 0.2) is 5.13 Å². The predicted octanol–water partition coefficient (Wildman–Crippen LogP) is 1.23. The third-order valence-corrected chi connectivity index (χ3v) is 4.56. The molecule has 0 aliphatic carbocycles. The third-order valence-electron chi connectivity index (χ3n) is 3.71. The van der Waals surface area contributed by atoms with E-state index in [1.54, 1.807) is 30.1 Å². The largest absolute Gasteiger partial charge is 0.375 e. The van der Waals surface area contributed by atoms with E-state index in [2.05, 4.69) is 10.3 Å². The van der Waals surface area contributed by atoms with Gasteiger partial charge in [-0.2, -0.15) is 0 Å². The molecule has 3 N–H and O–H groups in total. The molecule has 1 aliphatic heterocycles. The summed E-state index contributed by atoms with van der Waals surface area (Å²) < 4.78 is 0.883. The van der Waals surface area contributed by atoms with Gasteiger partial charge in [-0.3, -0.25) is 9.59 Å². The van der Waals surface area contributed by atoms with Crippen LogP contribution >= 0.6 is 11.3 Å². The minimum atomic E-state index is -0.371. The first-order chi connectivity index (χ1) is 10.1. The summed E-state index contributed by atoms with van der Waals surface area (Å²) in [6.07, 6.45) is 1.56. The van der Waals surface area contributed by atoms with Crippen molar-refractivity contribution in [1.29, 1.82) is 0 Å². The maximum Gasteiger partial charge on any atom is 0.254 e. The second kappa shape index (κ2) is 5.33. The Labute approximate surface area is 125 Å². The molecule has 0 bridgehead atoms. The molecule has 21 heavy (non-hydrogen) atoms. The van der Waals surface area contributed by atoms with Gasteiger partial charge in [0.2, 0.25) is 5.91 Å². The maximum atomic E-state index is 12.6. The van der Waals surface area contributed by atoms with E-state index in [-0.39, 0.29) is 17.9 Å². The van der Waals surface area contributed by atoms with Crippen LogP contribution in [-0.4, -0.2) is 41.3 Å². The lowest BCUT2D eigenvalue weighted by molar-refractivity contribution is -0.124. The molecule has 110 valence electrons. The standard InChI is InChI=1S/C14H16N4O2S/c1-16-12(19)10-3-2-6-18(10)13(20)8-4-5-9-11(7-8)21-14(15)17-9/h4-5,7,10H,2-3,6H2,1H3,(H2,15,17)(H,16,19). The van der Waals surface area contributed by atoms with Crippen LogP contribution in [-0.2, 0) is 4.79 Å². The van der Waals surface area contributed by atoms with Crippen LogP contribution < -0.4 is 11.1 Å². The van der Waals surface area contributed by atoms with Gasteiger partial charge in [0, 0.05) is 19.2 Å². The van der Waals surface area contributed by atoms with E-state index in [0.29, 0.717) is 23.7 Å². The molecule has 2 heterocycles. The van der Waals surface area contributed by atoms with Crippen LogP contribution in [0.15, 0.2) is 18.2 Å². The van der Waals surface area contributed by atoms with Gasteiger partial charge >= 0.3 is 0 Å². The van der Waals surface area contributed by atoms with Crippen molar-refractivity contribution >= 4 is 38.5 Å². The van der Waals surface area contributed by atoms with Gasteiger partial charge in [0.1, 0.15) is 6.04 Å². The number of likely N-dealkylation sites (N-methyl/N-ethyl adjacent to an activating group) is 1. The van der Waals surface area contributed by atoms with Gasteiger partial charge in [-0.25, -0.2) is 4.98 Å². The molecule has 1 aromatic heterocycles. The summed E-state index contributed by atoms with van der Waals surface area (Å²) in [7, 11) is 1.59. The molecule has 1 atom stereocenters. The van der Waals surface area contributed by atoms with E-state index in [0.717, 1.165) is 16.6 Å². The number of carbonyl (C=O) groups is 2. The van der Waals surface area contributed by atoms with Gasteiger partial charge in [0.25, 0.3) is 5.91 Å². The topological polar surface area (TPSA) is 88.3 Å². The lowest BCUT2D eigenvalue weighted by Crippen LogP contribution is -2.44. The Morgan fingerprint density at radius 2 is 2.29 bits per heavy atom. The SMILES string of the molecule is CNC(=O)C1CCCN1C(=O)c1ccc2nc(N)sc2c1. The number of nitrogens with zero attached hydrogens (tertiary/aromatic N) is 2. The summed E-state index contributed by atoms with van der Waals surface area (Å²) in [5.74, 6) is -0.223. The molecule has 1 unspecified atom stereocenters. The van der Waals surface area contributed by atoms with Crippen LogP contribution in [0.2, 0.25) is 0 Å². The second-order valence-corrected chi connectivity index (χ2v) is 6.07. The number of nitrogen functional groups attached to an aromatic ring is 1. The number of hydrogen-bond donors (Lipinski definition) is 2. The maximum absolute atomic E-state index is 12.6. The van der Waals surface area contributed by atoms with Crippen LogP contribution in [0.3, 0.4) is 0 Å². The lowest BCUT2D eigenvalue weighted by Gasteiger charge is -2.23. The molecule has 7 heteroatoms. The highest BCUT2D eigenvalue weighted by atomic mass is 32.1. The molecule has 0 radical (unpaired) electrons. The normalized spacial score (nSPS) is 18.1. The molecule has 1 fully saturated rings. The number of thiazole rings is 1. The van der Waals surface area contributed by atoms with E-state index in [1.165, 1.54) is 11.3 Å². The number of fused-ring (bicyclic) bond motifs is 1. The fourth-order valence-electron chi connectivity index (χ4n) is 2.69. The van der Waals surface area contributed by atoms with Gasteiger partial charge in [-0.1, -0.05) is 11.3 Å². The van der Waals surface area contributed by atoms with Crippen molar-refractivity contribution in [3.05, 3.63) is 23.8 Å². The summed E-state index contributed by atoms with van der Waals surface area (Å²) in [5.41, 5.74) is 7.04. The highest BCUT2D eigenvalue weighted by Gasteiger charge is 2.34. The van der Waals surface area contributed by atoms with E-state index < -0.39 is 0 Å². The Hall–Kier alpha value is -2.15. The number of likely N-dealkylation sites (tertiary alicyclic amines) is 1. The fraction of sp³-hybridized carbons (Fsp3) is 0.357. The molecule has 1 aromatic carbocycles. The number of nitrogens with one attached hydrogen (secondary N) is 1. The summed E-state index contributed by atoms with van der Waals surface area (Å²) >= 11 is 1.35. The molecular weight excluding hydrogens is 288 g/mol. The zero-order chi connectivity index (χ0) is 15.0. The quantitative estimate of drug-likeness (QED) is 0.873. The number of rotatable bonds is 2. The summed E-state index contributed by atoms with van der Waals surface area (Å²) in [5, 5.41) is 3.10. The minimum absolute atomic E-state index is 0.107. The van der Waals surface area contributed by atoms with Crippen molar-refractivity contribution in [3.8, 4) is 0 Å². The van der Waals surface area contributed by atoms with E-state index in [9.17, 15) is 9.59 Å². The van der Waals surface area contributed by atoms with Crippen LogP contribution in [0.25, 0.3) is 10.2 Å². The van der Waals surface area contributed by atoms with Crippen molar-refractivity contribution in [1.82, 2.24) is 15.2 Å². The predicted molar refractivity (Wildman–Crippen MR) is 82.2 cm³/mol. The third kappa shape index (κ3) is 2.44. The molecule has 1 aliphatic rings. The number of amides is 2. The first kappa shape index (κ1) is 13.8. The van der Waals surface area contributed by atoms with Crippen LogP contribution in [0, 0.1) is 0 Å². The Balaban J connectivity index is 1.90. The Morgan fingerprint density at radius 1 is 1.48 bits per heavy atom. The number of anilines is 1. The van der Waals surface area contributed by atoms with E-state index in [4.69, 9.17) is 5.73 Å². The second-order valence-electron chi connectivity index (χ2n) is 5.01. The van der Waals surface area contributed by atoms with E-state index in [1.807, 2.05) is 0 Å². The lowest BCUT2D eigenvalue weighted by atomic mass is 10.1. The Morgan fingerprint density at radius 3 is 3.05 bits per heavy atom. The molecule has 0 saturated carbocycles. The minimum Gasteiger partial charge on any atom is -0.375 e. The molecule has 3 rings (SSSR count). The smallest absolute Gasteiger partial charge is 0.254 e. The highest BCUT2D eigenvalue weighted by Crippen LogP contribution is 2.26. The van der Waals surface area contributed by atoms with Crippen molar-refractivity contribution in [2.24, 2.45) is 0 Å². The molecule has 1 saturated heterocycles. The number of hydrogen-bond acceptors (Lipinski definition) is 5. The number of benzene rings is 1. The Bertz CT molecular complexity index is 712. The zero-order valence-electron chi connectivity index (χ0n) is 11.6. The first-order valence-corrected chi connectivity index (χ1v) is 7.60. The van der Waals surface area contributed by atoms with Crippen LogP contribution in [0.1, 0.15) is 23.2 Å². The van der Waals surface area contributed by atoms with Gasteiger partial charge < -0.3 is 16.0 Å². The van der Waals surface area contributed by atoms with Crippen molar-refractivity contribution < 1.29 is 9.59 Å². The monoisotopic (exact) mass is 304 g/mol. The summed E-state index contributed by atoms with van der Waals surface area (Å²) in [6, 6.07) is 4.96. The first-order valence-electron chi connectivity index (χ1n) is 6.79. The number of carbonyl (C=O) groups excluding carboxylic acids is 2. The average molecular weight is 304 g/mol. The molecule has 2 aromatic rings. The molecule has 0 spiro atoms. The van der Waals surface area contributed by atoms with Crippen molar-refractivity contribution in [2.75, 3.05) is 19.3 Å². The summed E-state index contributed by atoms with van der Waals surface area (Å²) in [4.78, 5) is 30.3. The van der Waals surface area contributed by atoms with Crippen molar-refractivity contribution in [2.45, 2.75) is 18.9 Å². The van der Waals surface area contributed by atoms with Crippen molar-refractivity contribution in [3.63, 3.8) is 0 Å². The average Bonchev–Trinajstić information content (AvgIpc) is 3.09. The molecule has 2 amide bonds. The fourth-order valence-corrected chi connectivity index (χ4v) is 3.46. The van der Waals surface area contributed by atoms with E-state index >= 15 is 0 Å². The Kier molecular flexibility index (Phi) is 3.50. The van der Waals surface area contributed by atoms with Gasteiger partial charge in [0.05, 0.1) is 10.2 Å². The van der Waals surface area contributed by atoms with Gasteiger partial charge in [-0.15, -0.1) is 0 Å². The number of aromatic nitrogens is 1. The zero-order valence-corrected chi connectivity index (χ0v) is 12.4. The van der Waals surface area contributed by atoms with Crippen LogP contribution in [0.4, 0.5) is 5.13 Å². The molecule has 6 nitrogen and oxygen atoms in total. The molecular formula is C14H16N4O2S. The summed E-state index contributed by atoms with van der Waals surface area (Å²) in [6.45, 7) is 0.611.